The van der Waals surface area contributed by atoms with Crippen molar-refractivity contribution < 1.29 is 27.9 Å². The van der Waals surface area contributed by atoms with E-state index in [9.17, 15) is 18.0 Å². The molecule has 0 aliphatic carbocycles. The van der Waals surface area contributed by atoms with Crippen molar-refractivity contribution >= 4 is 17.5 Å². The maximum atomic E-state index is 12.8. The Kier molecular flexibility index (Phi) is 7.41. The lowest BCUT2D eigenvalue weighted by molar-refractivity contribution is -0.192. The van der Waals surface area contributed by atoms with Crippen LogP contribution in [-0.2, 0) is 4.79 Å². The molecule has 0 saturated carbocycles. The third-order valence-electron chi connectivity index (χ3n) is 5.68. The van der Waals surface area contributed by atoms with Crippen molar-refractivity contribution in [1.29, 1.82) is 0 Å². The quantitative estimate of drug-likeness (QED) is 0.441. The van der Waals surface area contributed by atoms with E-state index in [1.807, 2.05) is 46.8 Å². The number of aliphatic carboxylic acids is 1. The number of likely N-dealkylation sites (tertiary alicyclic amines) is 1. The van der Waals surface area contributed by atoms with Gasteiger partial charge >= 0.3 is 12.1 Å². The van der Waals surface area contributed by atoms with E-state index >= 15 is 0 Å². The standard InChI is InChI=1S/C22H21N7O.C2HF3O2/c1-15-11-25-19(12-24-15)22(30)28-10-2-3-18(13-28)21-26-20-5-4-17(14-29(20)27-21)16-6-8-23-9-7-16;3-2(4,5)1(6)7/h4-9,11-12,14,18H,2-3,10,13H2,1H3;(H,6,7). The zero-order chi connectivity index (χ0) is 26.6. The van der Waals surface area contributed by atoms with Gasteiger partial charge in [0.1, 0.15) is 5.69 Å². The molecular formula is C24H22F3N7O3. The van der Waals surface area contributed by atoms with Gasteiger partial charge in [0, 0.05) is 49.4 Å². The second-order valence-electron chi connectivity index (χ2n) is 8.36. The fourth-order valence-electron chi connectivity index (χ4n) is 3.83. The summed E-state index contributed by atoms with van der Waals surface area (Å²) >= 11 is 0. The lowest BCUT2D eigenvalue weighted by atomic mass is 9.97. The van der Waals surface area contributed by atoms with Crippen LogP contribution in [0.25, 0.3) is 16.8 Å². The number of hydrogen-bond donors (Lipinski definition) is 1. The SMILES string of the molecule is Cc1cnc(C(=O)N2CCCC(c3nc4ccc(-c5ccncc5)cn4n3)C2)cn1.O=C(O)C(F)(F)F. The van der Waals surface area contributed by atoms with Gasteiger partial charge < -0.3 is 10.0 Å². The Hall–Kier alpha value is -4.42. The zero-order valence-electron chi connectivity index (χ0n) is 19.6. The number of halogens is 3. The van der Waals surface area contributed by atoms with Gasteiger partial charge in [-0.3, -0.25) is 14.8 Å². The summed E-state index contributed by atoms with van der Waals surface area (Å²) < 4.78 is 33.6. The molecule has 192 valence electrons. The number of aryl methyl sites for hydroxylation is 1. The van der Waals surface area contributed by atoms with Crippen LogP contribution in [0.5, 0.6) is 0 Å². The van der Waals surface area contributed by atoms with Crippen LogP contribution in [0.15, 0.2) is 55.2 Å². The zero-order valence-corrected chi connectivity index (χ0v) is 19.6. The van der Waals surface area contributed by atoms with Gasteiger partial charge in [0.05, 0.1) is 11.9 Å². The second-order valence-corrected chi connectivity index (χ2v) is 8.36. The van der Waals surface area contributed by atoms with Crippen molar-refractivity contribution in [1.82, 2.24) is 34.4 Å². The minimum absolute atomic E-state index is 0.0871. The molecule has 10 nitrogen and oxygen atoms in total. The molecule has 1 aliphatic heterocycles. The van der Waals surface area contributed by atoms with Crippen LogP contribution in [0.3, 0.4) is 0 Å². The number of nitrogens with zero attached hydrogens (tertiary/aromatic N) is 7. The van der Waals surface area contributed by atoms with Crippen molar-refractivity contribution in [3.8, 4) is 11.1 Å². The van der Waals surface area contributed by atoms with E-state index in [1.165, 1.54) is 0 Å². The summed E-state index contributed by atoms with van der Waals surface area (Å²) in [6.45, 7) is 3.15. The Labute approximate surface area is 208 Å². The molecule has 5 rings (SSSR count). The third kappa shape index (κ3) is 6.23. The number of rotatable bonds is 3. The summed E-state index contributed by atoms with van der Waals surface area (Å²) in [7, 11) is 0. The van der Waals surface area contributed by atoms with Gasteiger partial charge in [-0.2, -0.15) is 18.3 Å². The monoisotopic (exact) mass is 513 g/mol. The van der Waals surface area contributed by atoms with Crippen molar-refractivity contribution in [2.24, 2.45) is 0 Å². The predicted molar refractivity (Wildman–Crippen MR) is 125 cm³/mol. The Morgan fingerprint density at radius 3 is 2.43 bits per heavy atom. The van der Waals surface area contributed by atoms with Crippen LogP contribution in [0, 0.1) is 6.92 Å². The van der Waals surface area contributed by atoms with Crippen LogP contribution in [0.1, 0.15) is 40.8 Å². The molecule has 37 heavy (non-hydrogen) atoms. The smallest absolute Gasteiger partial charge is 0.475 e. The number of carbonyl (C=O) groups excluding carboxylic acids is 1. The highest BCUT2D eigenvalue weighted by Gasteiger charge is 2.38. The van der Waals surface area contributed by atoms with Gasteiger partial charge in [-0.25, -0.2) is 19.3 Å². The molecule has 0 spiro atoms. The molecule has 5 heterocycles. The van der Waals surface area contributed by atoms with E-state index in [2.05, 4.69) is 15.0 Å². The average molecular weight is 513 g/mol. The number of carboxylic acids is 1. The minimum Gasteiger partial charge on any atom is -0.475 e. The highest BCUT2D eigenvalue weighted by atomic mass is 19.4. The first-order valence-electron chi connectivity index (χ1n) is 11.3. The average Bonchev–Trinajstić information content (AvgIpc) is 3.33. The Balaban J connectivity index is 0.000000405. The summed E-state index contributed by atoms with van der Waals surface area (Å²) in [5, 5.41) is 11.8. The summed E-state index contributed by atoms with van der Waals surface area (Å²) in [6, 6.07) is 7.95. The first-order valence-corrected chi connectivity index (χ1v) is 11.3. The summed E-state index contributed by atoms with van der Waals surface area (Å²) in [5.41, 5.74) is 4.11. The molecule has 1 fully saturated rings. The first-order chi connectivity index (χ1) is 17.6. The van der Waals surface area contributed by atoms with Gasteiger partial charge in [-0.15, -0.1) is 0 Å². The van der Waals surface area contributed by atoms with E-state index in [-0.39, 0.29) is 11.8 Å². The van der Waals surface area contributed by atoms with Crippen molar-refractivity contribution in [3.05, 3.63) is 72.5 Å². The van der Waals surface area contributed by atoms with Gasteiger partial charge in [-0.1, -0.05) is 0 Å². The topological polar surface area (TPSA) is 126 Å². The minimum atomic E-state index is -5.08. The number of carboxylic acid groups (broad SMARTS) is 1. The Morgan fingerprint density at radius 2 is 1.78 bits per heavy atom. The molecule has 1 saturated heterocycles. The van der Waals surface area contributed by atoms with Gasteiger partial charge in [0.25, 0.3) is 5.91 Å². The number of amides is 1. The molecule has 4 aromatic heterocycles. The van der Waals surface area contributed by atoms with E-state index in [0.29, 0.717) is 18.8 Å². The molecule has 1 unspecified atom stereocenters. The molecule has 0 aromatic carbocycles. The van der Waals surface area contributed by atoms with Crippen molar-refractivity contribution in [2.45, 2.75) is 31.9 Å². The Bertz CT molecular complexity index is 1390. The molecule has 1 N–H and O–H groups in total. The summed E-state index contributed by atoms with van der Waals surface area (Å²) in [6.07, 6.45) is 5.49. The number of carbonyl (C=O) groups is 2. The number of alkyl halides is 3. The van der Waals surface area contributed by atoms with Crippen LogP contribution in [0.4, 0.5) is 13.2 Å². The normalized spacial score (nSPS) is 15.7. The molecule has 4 aromatic rings. The fourth-order valence-corrected chi connectivity index (χ4v) is 3.83. The number of aromatic nitrogens is 6. The largest absolute Gasteiger partial charge is 0.490 e. The van der Waals surface area contributed by atoms with Crippen molar-refractivity contribution in [3.63, 3.8) is 0 Å². The highest BCUT2D eigenvalue weighted by molar-refractivity contribution is 5.92. The first kappa shape index (κ1) is 25.7. The van der Waals surface area contributed by atoms with Crippen LogP contribution < -0.4 is 0 Å². The van der Waals surface area contributed by atoms with Gasteiger partial charge in [-0.05, 0) is 49.6 Å². The number of piperidine rings is 1. The second kappa shape index (κ2) is 10.7. The van der Waals surface area contributed by atoms with E-state index in [1.54, 1.807) is 24.8 Å². The molecule has 13 heteroatoms. The maximum Gasteiger partial charge on any atom is 0.490 e. The van der Waals surface area contributed by atoms with Crippen LogP contribution >= 0.6 is 0 Å². The maximum absolute atomic E-state index is 12.8. The lowest BCUT2D eigenvalue weighted by Gasteiger charge is -2.31. The lowest BCUT2D eigenvalue weighted by Crippen LogP contribution is -2.39. The van der Waals surface area contributed by atoms with Crippen molar-refractivity contribution in [2.75, 3.05) is 13.1 Å². The molecule has 0 radical (unpaired) electrons. The molecular weight excluding hydrogens is 491 g/mol. The van der Waals surface area contributed by atoms with Crippen LogP contribution in [-0.4, -0.2) is 70.7 Å². The van der Waals surface area contributed by atoms with Crippen LogP contribution in [0.2, 0.25) is 0 Å². The number of pyridine rings is 2. The van der Waals surface area contributed by atoms with E-state index in [0.717, 1.165) is 41.1 Å². The Morgan fingerprint density at radius 1 is 1.05 bits per heavy atom. The molecule has 0 bridgehead atoms. The van der Waals surface area contributed by atoms with Gasteiger partial charge in [0.2, 0.25) is 0 Å². The fraction of sp³-hybridized carbons (Fsp3) is 0.292. The molecule has 1 atom stereocenters. The highest BCUT2D eigenvalue weighted by Crippen LogP contribution is 2.27. The molecule has 1 amide bonds. The molecule has 1 aliphatic rings. The van der Waals surface area contributed by atoms with E-state index < -0.39 is 12.1 Å². The predicted octanol–water partition coefficient (Wildman–Crippen LogP) is 3.54. The third-order valence-corrected chi connectivity index (χ3v) is 5.68. The number of hydrogen-bond acceptors (Lipinski definition) is 7. The van der Waals surface area contributed by atoms with Gasteiger partial charge in [0.15, 0.2) is 11.5 Å². The number of fused-ring (bicyclic) bond motifs is 1. The summed E-state index contributed by atoms with van der Waals surface area (Å²) in [5.74, 6) is -1.97. The van der Waals surface area contributed by atoms with E-state index in [4.69, 9.17) is 20.0 Å². The summed E-state index contributed by atoms with van der Waals surface area (Å²) in [4.78, 5) is 40.8.